The molecule has 0 fully saturated rings. The van der Waals surface area contributed by atoms with Gasteiger partial charge in [0.15, 0.2) is 0 Å². The minimum atomic E-state index is -0.143. The smallest absolute Gasteiger partial charge is 0.251 e. The van der Waals surface area contributed by atoms with Crippen molar-refractivity contribution in [1.82, 2.24) is 5.32 Å². The number of carbonyl (C=O) groups excluding carboxylic acids is 1. The quantitative estimate of drug-likeness (QED) is 0.831. The molecule has 1 aromatic rings. The van der Waals surface area contributed by atoms with E-state index in [0.29, 0.717) is 5.56 Å². The van der Waals surface area contributed by atoms with E-state index in [2.05, 4.69) is 11.4 Å². The number of hydrogen-bond acceptors (Lipinski definition) is 2. The number of amides is 1. The molecule has 1 amide bonds. The van der Waals surface area contributed by atoms with Gasteiger partial charge in [0.05, 0.1) is 12.6 Å². The summed E-state index contributed by atoms with van der Waals surface area (Å²) < 4.78 is 0. The van der Waals surface area contributed by atoms with Gasteiger partial charge in [-0.3, -0.25) is 4.79 Å². The summed E-state index contributed by atoms with van der Waals surface area (Å²) in [6, 6.07) is 5.78. The van der Waals surface area contributed by atoms with E-state index in [-0.39, 0.29) is 18.6 Å². The van der Waals surface area contributed by atoms with Crippen LogP contribution in [0, 0.1) is 0 Å². The summed E-state index contributed by atoms with van der Waals surface area (Å²) in [6.45, 7) is 1.94. The Morgan fingerprint density at radius 1 is 1.41 bits per heavy atom. The fourth-order valence-corrected chi connectivity index (χ4v) is 2.26. The molecule has 0 spiro atoms. The number of aliphatic hydroxyl groups excluding tert-OH is 1. The molecule has 92 valence electrons. The Morgan fingerprint density at radius 3 is 2.88 bits per heavy atom. The number of aryl methyl sites for hydroxylation is 2. The van der Waals surface area contributed by atoms with E-state index in [1.54, 1.807) is 0 Å². The maximum atomic E-state index is 12.0. The lowest BCUT2D eigenvalue weighted by molar-refractivity contribution is 0.0915. The monoisotopic (exact) mass is 233 g/mol. The normalized spacial score (nSPS) is 15.4. The van der Waals surface area contributed by atoms with Crippen LogP contribution < -0.4 is 5.32 Å². The van der Waals surface area contributed by atoms with Crippen LogP contribution in [-0.2, 0) is 12.8 Å². The summed E-state index contributed by atoms with van der Waals surface area (Å²) in [4.78, 5) is 12.0. The first-order chi connectivity index (χ1) is 8.24. The highest BCUT2D eigenvalue weighted by Crippen LogP contribution is 2.22. The first-order valence-electron chi connectivity index (χ1n) is 6.28. The number of carbonyl (C=O) groups is 1. The number of nitrogens with one attached hydrogen (secondary N) is 1. The molecule has 1 aliphatic carbocycles. The topological polar surface area (TPSA) is 49.3 Å². The Morgan fingerprint density at radius 2 is 2.18 bits per heavy atom. The average molecular weight is 233 g/mol. The lowest BCUT2D eigenvalue weighted by Crippen LogP contribution is -2.36. The van der Waals surface area contributed by atoms with Crippen molar-refractivity contribution in [3.63, 3.8) is 0 Å². The molecule has 1 unspecified atom stereocenters. The van der Waals surface area contributed by atoms with Crippen LogP contribution in [0.3, 0.4) is 0 Å². The number of hydrogen-bond donors (Lipinski definition) is 2. The first kappa shape index (κ1) is 12.1. The van der Waals surface area contributed by atoms with Gasteiger partial charge in [-0.25, -0.2) is 0 Å². The standard InChI is InChI=1S/C14H19NO2/c1-2-13(9-16)15-14(17)12-7-6-10-4-3-5-11(10)8-12/h6-8,13,16H,2-5,9H2,1H3,(H,15,17). The van der Waals surface area contributed by atoms with Gasteiger partial charge in [0.25, 0.3) is 5.91 Å². The van der Waals surface area contributed by atoms with E-state index in [9.17, 15) is 4.79 Å². The second-order valence-electron chi connectivity index (χ2n) is 4.60. The lowest BCUT2D eigenvalue weighted by Gasteiger charge is -2.14. The zero-order chi connectivity index (χ0) is 12.3. The molecule has 1 aromatic carbocycles. The zero-order valence-electron chi connectivity index (χ0n) is 10.2. The van der Waals surface area contributed by atoms with Crippen molar-refractivity contribution in [3.05, 3.63) is 34.9 Å². The van der Waals surface area contributed by atoms with E-state index in [4.69, 9.17) is 5.11 Å². The molecule has 0 bridgehead atoms. The molecule has 0 heterocycles. The van der Waals surface area contributed by atoms with Gasteiger partial charge in [-0.15, -0.1) is 0 Å². The molecule has 0 radical (unpaired) electrons. The third kappa shape index (κ3) is 2.67. The summed E-state index contributed by atoms with van der Waals surface area (Å²) in [5, 5.41) is 11.9. The van der Waals surface area contributed by atoms with E-state index < -0.39 is 0 Å². The van der Waals surface area contributed by atoms with E-state index >= 15 is 0 Å². The molecule has 0 aliphatic heterocycles. The van der Waals surface area contributed by atoms with Crippen molar-refractivity contribution >= 4 is 5.91 Å². The van der Waals surface area contributed by atoms with Crippen LogP contribution in [0.25, 0.3) is 0 Å². The maximum absolute atomic E-state index is 12.0. The second-order valence-corrected chi connectivity index (χ2v) is 4.60. The van der Waals surface area contributed by atoms with E-state index in [1.165, 1.54) is 17.5 Å². The fourth-order valence-electron chi connectivity index (χ4n) is 2.26. The highest BCUT2D eigenvalue weighted by molar-refractivity contribution is 5.94. The van der Waals surface area contributed by atoms with E-state index in [1.807, 2.05) is 19.1 Å². The SMILES string of the molecule is CCC(CO)NC(=O)c1ccc2c(c1)CCC2. The first-order valence-corrected chi connectivity index (χ1v) is 6.28. The Bertz CT molecular complexity index is 411. The van der Waals surface area contributed by atoms with Crippen LogP contribution in [0.1, 0.15) is 41.3 Å². The van der Waals surface area contributed by atoms with Gasteiger partial charge in [-0.05, 0) is 48.9 Å². The maximum Gasteiger partial charge on any atom is 0.251 e. The van der Waals surface area contributed by atoms with Crippen molar-refractivity contribution < 1.29 is 9.90 Å². The minimum absolute atomic E-state index is 0.00677. The van der Waals surface area contributed by atoms with Gasteiger partial charge in [0.1, 0.15) is 0 Å². The lowest BCUT2D eigenvalue weighted by atomic mass is 10.1. The molecule has 2 rings (SSSR count). The zero-order valence-corrected chi connectivity index (χ0v) is 10.2. The van der Waals surface area contributed by atoms with Gasteiger partial charge < -0.3 is 10.4 Å². The van der Waals surface area contributed by atoms with Gasteiger partial charge >= 0.3 is 0 Å². The summed E-state index contributed by atoms with van der Waals surface area (Å²) in [5.41, 5.74) is 3.38. The van der Waals surface area contributed by atoms with Crippen LogP contribution in [-0.4, -0.2) is 23.7 Å². The van der Waals surface area contributed by atoms with Gasteiger partial charge in [-0.1, -0.05) is 13.0 Å². The predicted octanol–water partition coefficient (Wildman–Crippen LogP) is 1.68. The average Bonchev–Trinajstić information content (AvgIpc) is 2.82. The van der Waals surface area contributed by atoms with Gasteiger partial charge in [-0.2, -0.15) is 0 Å². The van der Waals surface area contributed by atoms with Crippen LogP contribution >= 0.6 is 0 Å². The molecule has 3 heteroatoms. The molecule has 1 aliphatic rings. The van der Waals surface area contributed by atoms with Crippen molar-refractivity contribution in [3.8, 4) is 0 Å². The number of benzene rings is 1. The Balaban J connectivity index is 2.09. The van der Waals surface area contributed by atoms with Crippen LogP contribution in [0.15, 0.2) is 18.2 Å². The Kier molecular flexibility index (Phi) is 3.79. The minimum Gasteiger partial charge on any atom is -0.394 e. The summed E-state index contributed by atoms with van der Waals surface area (Å²) >= 11 is 0. The second kappa shape index (κ2) is 5.32. The molecule has 0 aromatic heterocycles. The molecule has 1 atom stereocenters. The summed E-state index contributed by atoms with van der Waals surface area (Å²) in [5.74, 6) is -0.0828. The molecular weight excluding hydrogens is 214 g/mol. The largest absolute Gasteiger partial charge is 0.394 e. The van der Waals surface area contributed by atoms with Crippen molar-refractivity contribution in [1.29, 1.82) is 0 Å². The third-order valence-electron chi connectivity index (χ3n) is 3.41. The summed E-state index contributed by atoms with van der Waals surface area (Å²) in [7, 11) is 0. The van der Waals surface area contributed by atoms with Crippen LogP contribution in [0.5, 0.6) is 0 Å². The Hall–Kier alpha value is -1.35. The van der Waals surface area contributed by atoms with Gasteiger partial charge in [0.2, 0.25) is 0 Å². The molecule has 3 nitrogen and oxygen atoms in total. The van der Waals surface area contributed by atoms with Gasteiger partial charge in [0, 0.05) is 5.56 Å². The van der Waals surface area contributed by atoms with Crippen LogP contribution in [0.4, 0.5) is 0 Å². The predicted molar refractivity (Wildman–Crippen MR) is 67.1 cm³/mol. The van der Waals surface area contributed by atoms with Crippen molar-refractivity contribution in [2.45, 2.75) is 38.6 Å². The fraction of sp³-hybridized carbons (Fsp3) is 0.500. The highest BCUT2D eigenvalue weighted by atomic mass is 16.3. The Labute approximate surface area is 102 Å². The van der Waals surface area contributed by atoms with Crippen molar-refractivity contribution in [2.24, 2.45) is 0 Å². The number of fused-ring (bicyclic) bond motifs is 1. The highest BCUT2D eigenvalue weighted by Gasteiger charge is 2.15. The molecule has 2 N–H and O–H groups in total. The van der Waals surface area contributed by atoms with E-state index in [0.717, 1.165) is 19.3 Å². The van der Waals surface area contributed by atoms with Crippen molar-refractivity contribution in [2.75, 3.05) is 6.61 Å². The molecule has 0 saturated heterocycles. The van der Waals surface area contributed by atoms with Crippen LogP contribution in [0.2, 0.25) is 0 Å². The number of aliphatic hydroxyl groups is 1. The molecular formula is C14H19NO2. The number of rotatable bonds is 4. The molecule has 17 heavy (non-hydrogen) atoms. The molecule has 0 saturated carbocycles. The summed E-state index contributed by atoms with van der Waals surface area (Å²) in [6.07, 6.45) is 4.14. The third-order valence-corrected chi connectivity index (χ3v) is 3.41.